The molecule has 7 nitrogen and oxygen atoms in total. The van der Waals surface area contributed by atoms with Gasteiger partial charge >= 0.3 is 5.97 Å². The molecule has 116 valence electrons. The fourth-order valence-corrected chi connectivity index (χ4v) is 2.10. The zero-order chi connectivity index (χ0) is 16.3. The Balaban J connectivity index is 2.18. The molecule has 0 aliphatic rings. The molecule has 1 amide bonds. The SMILES string of the molecule is C[C@@H](OC(=O)Cc1n[nH]c(=O)c2ccccc12)C(=O)N(C)C. The number of rotatable bonds is 4. The summed E-state index contributed by atoms with van der Waals surface area (Å²) in [7, 11) is 3.17. The predicted octanol–water partition coefficient (Wildman–Crippen LogP) is 0.485. The number of benzene rings is 1. The molecule has 0 saturated heterocycles. The molecule has 1 aromatic carbocycles. The molecule has 22 heavy (non-hydrogen) atoms. The maximum atomic E-state index is 12.0. The molecule has 0 aliphatic carbocycles. The van der Waals surface area contributed by atoms with Crippen molar-refractivity contribution in [2.24, 2.45) is 0 Å². The van der Waals surface area contributed by atoms with Crippen LogP contribution in [0, 0.1) is 0 Å². The minimum Gasteiger partial charge on any atom is -0.452 e. The van der Waals surface area contributed by atoms with Gasteiger partial charge < -0.3 is 9.64 Å². The van der Waals surface area contributed by atoms with Crippen LogP contribution in [-0.2, 0) is 20.7 Å². The van der Waals surface area contributed by atoms with Crippen molar-refractivity contribution in [2.45, 2.75) is 19.4 Å². The normalized spacial score (nSPS) is 12.0. The van der Waals surface area contributed by atoms with Gasteiger partial charge in [0.05, 0.1) is 17.5 Å². The van der Waals surface area contributed by atoms with E-state index >= 15 is 0 Å². The zero-order valence-electron chi connectivity index (χ0n) is 12.6. The number of hydrogen-bond donors (Lipinski definition) is 1. The third kappa shape index (κ3) is 3.30. The summed E-state index contributed by atoms with van der Waals surface area (Å²) in [5.74, 6) is -0.875. The van der Waals surface area contributed by atoms with Crippen LogP contribution in [0.25, 0.3) is 10.8 Å². The second-order valence-corrected chi connectivity index (χ2v) is 5.09. The van der Waals surface area contributed by atoms with Crippen LogP contribution in [0.4, 0.5) is 0 Å². The minimum absolute atomic E-state index is 0.123. The van der Waals surface area contributed by atoms with Gasteiger partial charge in [-0.1, -0.05) is 18.2 Å². The van der Waals surface area contributed by atoms with Crippen molar-refractivity contribution in [3.8, 4) is 0 Å². The van der Waals surface area contributed by atoms with Gasteiger partial charge in [-0.05, 0) is 13.0 Å². The molecule has 7 heteroatoms. The van der Waals surface area contributed by atoms with Gasteiger partial charge in [-0.3, -0.25) is 14.4 Å². The van der Waals surface area contributed by atoms with Gasteiger partial charge in [0.1, 0.15) is 0 Å². The first-order valence-electron chi connectivity index (χ1n) is 6.77. The number of esters is 1. The largest absolute Gasteiger partial charge is 0.452 e. The molecule has 0 aliphatic heterocycles. The summed E-state index contributed by atoms with van der Waals surface area (Å²) in [6, 6.07) is 6.87. The molecule has 2 rings (SSSR count). The Morgan fingerprint density at radius 3 is 2.55 bits per heavy atom. The Morgan fingerprint density at radius 2 is 1.91 bits per heavy atom. The fraction of sp³-hybridized carbons (Fsp3) is 0.333. The lowest BCUT2D eigenvalue weighted by molar-refractivity contribution is -0.157. The van der Waals surface area contributed by atoms with E-state index in [1.54, 1.807) is 38.4 Å². The van der Waals surface area contributed by atoms with Gasteiger partial charge in [0.15, 0.2) is 6.10 Å². The molecule has 0 saturated carbocycles. The first kappa shape index (κ1) is 15.7. The average Bonchev–Trinajstić information content (AvgIpc) is 2.49. The van der Waals surface area contributed by atoms with E-state index in [0.717, 1.165) is 0 Å². The highest BCUT2D eigenvalue weighted by Gasteiger charge is 2.20. The topological polar surface area (TPSA) is 92.4 Å². The summed E-state index contributed by atoms with van der Waals surface area (Å²) >= 11 is 0. The van der Waals surface area contributed by atoms with Crippen LogP contribution in [-0.4, -0.2) is 47.2 Å². The Bertz CT molecular complexity index is 767. The van der Waals surface area contributed by atoms with E-state index in [4.69, 9.17) is 4.74 Å². The maximum absolute atomic E-state index is 12.0. The summed E-state index contributed by atoms with van der Waals surface area (Å²) in [4.78, 5) is 36.7. The van der Waals surface area contributed by atoms with Crippen molar-refractivity contribution < 1.29 is 14.3 Å². The number of fused-ring (bicyclic) bond motifs is 1. The highest BCUT2D eigenvalue weighted by molar-refractivity contribution is 5.88. The summed E-state index contributed by atoms with van der Waals surface area (Å²) in [5, 5.41) is 7.30. The number of ether oxygens (including phenoxy) is 1. The highest BCUT2D eigenvalue weighted by atomic mass is 16.5. The van der Waals surface area contributed by atoms with Crippen LogP contribution in [0.2, 0.25) is 0 Å². The van der Waals surface area contributed by atoms with Crippen LogP contribution in [0.15, 0.2) is 29.1 Å². The first-order valence-corrected chi connectivity index (χ1v) is 6.77. The van der Waals surface area contributed by atoms with Gasteiger partial charge in [-0.15, -0.1) is 0 Å². The average molecular weight is 303 g/mol. The summed E-state index contributed by atoms with van der Waals surface area (Å²) in [5.41, 5.74) is 0.0913. The third-order valence-electron chi connectivity index (χ3n) is 3.18. The van der Waals surface area contributed by atoms with E-state index in [9.17, 15) is 14.4 Å². The number of nitrogens with zero attached hydrogens (tertiary/aromatic N) is 2. The zero-order valence-corrected chi connectivity index (χ0v) is 12.6. The lowest BCUT2D eigenvalue weighted by Gasteiger charge is -2.17. The van der Waals surface area contributed by atoms with E-state index < -0.39 is 12.1 Å². The van der Waals surface area contributed by atoms with E-state index in [1.165, 1.54) is 11.8 Å². The lowest BCUT2D eigenvalue weighted by atomic mass is 10.1. The van der Waals surface area contributed by atoms with E-state index in [-0.39, 0.29) is 17.9 Å². The summed E-state index contributed by atoms with van der Waals surface area (Å²) < 4.78 is 5.09. The number of aromatic nitrogens is 2. The van der Waals surface area contributed by atoms with Crippen molar-refractivity contribution in [3.63, 3.8) is 0 Å². The fourth-order valence-electron chi connectivity index (χ4n) is 2.10. The lowest BCUT2D eigenvalue weighted by Crippen LogP contribution is -2.35. The van der Waals surface area contributed by atoms with Crippen molar-refractivity contribution in [3.05, 3.63) is 40.3 Å². The number of carbonyl (C=O) groups excluding carboxylic acids is 2. The molecule has 0 fully saturated rings. The predicted molar refractivity (Wildman–Crippen MR) is 80.3 cm³/mol. The van der Waals surface area contributed by atoms with Crippen LogP contribution in [0.1, 0.15) is 12.6 Å². The van der Waals surface area contributed by atoms with Crippen LogP contribution in [0.5, 0.6) is 0 Å². The van der Waals surface area contributed by atoms with Crippen molar-refractivity contribution >= 4 is 22.6 Å². The van der Waals surface area contributed by atoms with Crippen LogP contribution in [0.3, 0.4) is 0 Å². The molecule has 2 aromatic rings. The molecule has 1 N–H and O–H groups in total. The molecule has 1 heterocycles. The second kappa shape index (κ2) is 6.38. The van der Waals surface area contributed by atoms with Crippen molar-refractivity contribution in [1.29, 1.82) is 0 Å². The summed E-state index contributed by atoms with van der Waals surface area (Å²) in [6.07, 6.45) is -0.987. The molecule has 1 atom stereocenters. The monoisotopic (exact) mass is 303 g/mol. The van der Waals surface area contributed by atoms with Gasteiger partial charge in [0, 0.05) is 19.5 Å². The van der Waals surface area contributed by atoms with Crippen LogP contribution < -0.4 is 5.56 Å². The van der Waals surface area contributed by atoms with Crippen molar-refractivity contribution in [1.82, 2.24) is 15.1 Å². The van der Waals surface area contributed by atoms with E-state index in [0.29, 0.717) is 16.5 Å². The Hall–Kier alpha value is -2.70. The molecule has 1 aromatic heterocycles. The van der Waals surface area contributed by atoms with Gasteiger partial charge in [0.25, 0.3) is 11.5 Å². The molecule has 0 spiro atoms. The number of H-pyrrole nitrogens is 1. The number of aromatic amines is 1. The Labute approximate surface area is 126 Å². The molecular weight excluding hydrogens is 286 g/mol. The maximum Gasteiger partial charge on any atom is 0.312 e. The van der Waals surface area contributed by atoms with Crippen LogP contribution >= 0.6 is 0 Å². The molecule has 0 radical (unpaired) electrons. The van der Waals surface area contributed by atoms with Gasteiger partial charge in [-0.2, -0.15) is 5.10 Å². The summed E-state index contributed by atoms with van der Waals surface area (Å²) in [6.45, 7) is 1.51. The second-order valence-electron chi connectivity index (χ2n) is 5.09. The molecule has 0 unspecified atom stereocenters. The molecular formula is C15H17N3O4. The van der Waals surface area contributed by atoms with Gasteiger partial charge in [-0.25, -0.2) is 5.10 Å². The standard InChI is InChI=1S/C15H17N3O4/c1-9(15(21)18(2)3)22-13(19)8-12-10-6-4-5-7-11(10)14(20)17-16-12/h4-7,9H,8H2,1-3H3,(H,17,20)/t9-/m1/s1. The minimum atomic E-state index is -0.864. The van der Waals surface area contributed by atoms with Crippen molar-refractivity contribution in [2.75, 3.05) is 14.1 Å². The number of nitrogens with one attached hydrogen (secondary N) is 1. The number of amides is 1. The number of carbonyl (C=O) groups is 2. The highest BCUT2D eigenvalue weighted by Crippen LogP contribution is 2.13. The smallest absolute Gasteiger partial charge is 0.312 e. The quantitative estimate of drug-likeness (QED) is 0.830. The van der Waals surface area contributed by atoms with Gasteiger partial charge in [0.2, 0.25) is 0 Å². The first-order chi connectivity index (χ1) is 10.4. The number of hydrogen-bond acceptors (Lipinski definition) is 5. The molecule has 0 bridgehead atoms. The van der Waals surface area contributed by atoms with E-state index in [1.807, 2.05) is 0 Å². The number of likely N-dealkylation sites (N-methyl/N-ethyl adjacent to an activating group) is 1. The third-order valence-corrected chi connectivity index (χ3v) is 3.18. The Morgan fingerprint density at radius 1 is 1.27 bits per heavy atom. The Kier molecular flexibility index (Phi) is 4.55. The van der Waals surface area contributed by atoms with E-state index in [2.05, 4.69) is 10.2 Å².